The van der Waals surface area contributed by atoms with Crippen molar-refractivity contribution in [2.45, 2.75) is 41.5 Å². The van der Waals surface area contributed by atoms with Gasteiger partial charge in [-0.25, -0.2) is 0 Å². The summed E-state index contributed by atoms with van der Waals surface area (Å²) in [7, 11) is 0. The smallest absolute Gasteiger partial charge is 0.430 e. The molecule has 2 aliphatic rings. The van der Waals surface area contributed by atoms with Crippen molar-refractivity contribution in [3.63, 3.8) is 0 Å². The van der Waals surface area contributed by atoms with Crippen LogP contribution < -0.4 is 27.7 Å². The molecule has 0 spiro atoms. The molecule has 8 N–H and O–H groups in total. The van der Waals surface area contributed by atoms with E-state index in [9.17, 15) is 26.3 Å². The molecule has 2 aromatic rings. The Labute approximate surface area is 221 Å². The van der Waals surface area contributed by atoms with Gasteiger partial charge in [0.05, 0.1) is 0 Å². The quantitative estimate of drug-likeness (QED) is 0.323. The lowest BCUT2D eigenvalue weighted by Crippen LogP contribution is -2.64. The number of allylic oxidation sites excluding steroid dienone is 4. The van der Waals surface area contributed by atoms with Crippen LogP contribution >= 0.6 is 0 Å². The molecule has 2 atom stereocenters. The summed E-state index contributed by atoms with van der Waals surface area (Å²) in [4.78, 5) is 0. The van der Waals surface area contributed by atoms with E-state index in [1.54, 1.807) is 6.08 Å². The molecular weight excluding hydrogens is 526 g/mol. The molecule has 4 rings (SSSR count). The van der Waals surface area contributed by atoms with Gasteiger partial charge in [0.15, 0.2) is 6.10 Å². The highest BCUT2D eigenvalue weighted by Crippen LogP contribution is 2.54. The Morgan fingerprint density at radius 2 is 1.03 bits per heavy atom. The second-order valence-corrected chi connectivity index (χ2v) is 8.92. The van der Waals surface area contributed by atoms with E-state index in [1.807, 2.05) is 48.6 Å². The van der Waals surface area contributed by atoms with Crippen molar-refractivity contribution in [1.29, 1.82) is 0 Å². The number of halogens is 6. The van der Waals surface area contributed by atoms with Crippen molar-refractivity contribution in [2.24, 2.45) is 22.9 Å². The molecule has 12 heteroatoms. The number of rotatable bonds is 5. The maximum Gasteiger partial charge on any atom is 0.430 e. The number of para-hydroxylation sites is 1. The molecule has 0 heterocycles. The van der Waals surface area contributed by atoms with Crippen LogP contribution in [0.15, 0.2) is 109 Å². The summed E-state index contributed by atoms with van der Waals surface area (Å²) in [6, 6.07) is 14.3. The number of hydrogen-bond acceptors (Lipinski definition) is 6. The first-order valence-electron chi connectivity index (χ1n) is 11.6. The van der Waals surface area contributed by atoms with Gasteiger partial charge < -0.3 is 32.4 Å². The van der Waals surface area contributed by atoms with Gasteiger partial charge in [-0.2, -0.15) is 26.3 Å². The van der Waals surface area contributed by atoms with E-state index in [0.29, 0.717) is 12.1 Å². The van der Waals surface area contributed by atoms with Crippen LogP contribution in [0.4, 0.5) is 26.3 Å². The zero-order valence-electron chi connectivity index (χ0n) is 20.4. The maximum atomic E-state index is 13.6. The standard InChI is InChI=1S/C15H14F6N2O.C12H14N2O/c16-14(17,18)13(15(19,20)21,10-6-2-1-3-7-10)24-11-8-4-5-9-12(11,22)23;13-12(14)9-5-4-8-11(12)15-10-6-2-1-3-7-10/h1-9,11H,22-23H2;1-9,11H,13-14H2. The van der Waals surface area contributed by atoms with Gasteiger partial charge in [-0.1, -0.05) is 78.9 Å². The molecule has 6 nitrogen and oxygen atoms in total. The fourth-order valence-electron chi connectivity index (χ4n) is 3.78. The Morgan fingerprint density at radius 1 is 0.590 bits per heavy atom. The molecule has 0 bridgehead atoms. The van der Waals surface area contributed by atoms with Crippen molar-refractivity contribution in [3.05, 3.63) is 115 Å². The first-order valence-corrected chi connectivity index (χ1v) is 11.6. The van der Waals surface area contributed by atoms with Crippen LogP contribution in [-0.2, 0) is 10.3 Å². The second-order valence-electron chi connectivity index (χ2n) is 8.92. The monoisotopic (exact) mass is 554 g/mol. The highest BCUT2D eigenvalue weighted by Gasteiger charge is 2.74. The molecule has 0 saturated heterocycles. The molecule has 39 heavy (non-hydrogen) atoms. The van der Waals surface area contributed by atoms with Crippen LogP contribution in [-0.4, -0.2) is 35.9 Å². The largest absolute Gasteiger partial charge is 0.483 e. The minimum Gasteiger partial charge on any atom is -0.483 e. The van der Waals surface area contributed by atoms with Gasteiger partial charge in [0.25, 0.3) is 5.60 Å². The van der Waals surface area contributed by atoms with Crippen LogP contribution in [0.2, 0.25) is 0 Å². The summed E-state index contributed by atoms with van der Waals surface area (Å²) in [5.41, 5.74) is 14.3. The van der Waals surface area contributed by atoms with Gasteiger partial charge in [0.1, 0.15) is 23.2 Å². The van der Waals surface area contributed by atoms with Crippen molar-refractivity contribution < 1.29 is 35.8 Å². The Balaban J connectivity index is 0.000000239. The van der Waals surface area contributed by atoms with E-state index >= 15 is 0 Å². The van der Waals surface area contributed by atoms with E-state index in [-0.39, 0.29) is 6.10 Å². The predicted molar refractivity (Wildman–Crippen MR) is 135 cm³/mol. The Morgan fingerprint density at radius 3 is 1.46 bits per heavy atom. The molecule has 0 radical (unpaired) electrons. The van der Waals surface area contributed by atoms with E-state index in [2.05, 4.69) is 4.74 Å². The second kappa shape index (κ2) is 11.4. The Hall–Kier alpha value is -3.42. The van der Waals surface area contributed by atoms with E-state index in [4.69, 9.17) is 27.7 Å². The molecule has 2 aromatic carbocycles. The highest BCUT2D eigenvalue weighted by molar-refractivity contribution is 5.30. The third-order valence-electron chi connectivity index (χ3n) is 5.84. The number of nitrogens with two attached hydrogens (primary N) is 4. The van der Waals surface area contributed by atoms with E-state index < -0.39 is 40.9 Å². The van der Waals surface area contributed by atoms with Gasteiger partial charge in [-0.3, -0.25) is 0 Å². The predicted octanol–water partition coefficient (Wildman–Crippen LogP) is 4.31. The van der Waals surface area contributed by atoms with E-state index in [0.717, 1.165) is 30.0 Å². The van der Waals surface area contributed by atoms with Crippen molar-refractivity contribution in [3.8, 4) is 5.75 Å². The average molecular weight is 555 g/mol. The summed E-state index contributed by atoms with van der Waals surface area (Å²) >= 11 is 0. The van der Waals surface area contributed by atoms with Crippen LogP contribution in [0, 0.1) is 0 Å². The molecule has 0 fully saturated rings. The summed E-state index contributed by atoms with van der Waals surface area (Å²) < 4.78 is 91.8. The highest BCUT2D eigenvalue weighted by atomic mass is 19.4. The summed E-state index contributed by atoms with van der Waals surface area (Å²) in [6.07, 6.45) is -1.92. The minimum absolute atomic E-state index is 0.329. The van der Waals surface area contributed by atoms with Crippen LogP contribution in [0.3, 0.4) is 0 Å². The molecule has 0 aliphatic heterocycles. The van der Waals surface area contributed by atoms with E-state index in [1.165, 1.54) is 18.2 Å². The van der Waals surface area contributed by atoms with Crippen LogP contribution in [0.5, 0.6) is 5.75 Å². The average Bonchev–Trinajstić information content (AvgIpc) is 2.84. The number of alkyl halides is 6. The number of ether oxygens (including phenoxy) is 2. The first-order chi connectivity index (χ1) is 18.1. The SMILES string of the molecule is NC1(N)C=CC=CC1OC(c1ccccc1)(C(F)(F)F)C(F)(F)F.NC1(N)C=CC=CC1Oc1ccccc1. The van der Waals surface area contributed by atoms with Gasteiger partial charge in [0.2, 0.25) is 0 Å². The normalized spacial score (nSPS) is 21.7. The third kappa shape index (κ3) is 6.78. The molecular formula is C27H28F6N4O2. The fourth-order valence-corrected chi connectivity index (χ4v) is 3.78. The van der Waals surface area contributed by atoms with Gasteiger partial charge in [-0.05, 0) is 30.4 Å². The Bertz CT molecular complexity index is 1190. The fraction of sp³-hybridized carbons (Fsp3) is 0.259. The molecule has 2 aliphatic carbocycles. The van der Waals surface area contributed by atoms with Gasteiger partial charge >= 0.3 is 12.4 Å². The molecule has 0 amide bonds. The molecule has 210 valence electrons. The first kappa shape index (κ1) is 30.1. The summed E-state index contributed by atoms with van der Waals surface area (Å²) in [5.74, 6) is 0.766. The topological polar surface area (TPSA) is 123 Å². The van der Waals surface area contributed by atoms with Gasteiger partial charge in [-0.15, -0.1) is 0 Å². The molecule has 2 unspecified atom stereocenters. The zero-order chi connectivity index (χ0) is 29.0. The number of hydrogen-bond donors (Lipinski definition) is 4. The van der Waals surface area contributed by atoms with Gasteiger partial charge in [0, 0.05) is 5.56 Å². The summed E-state index contributed by atoms with van der Waals surface area (Å²) in [5, 5.41) is 0. The lowest BCUT2D eigenvalue weighted by Gasteiger charge is -2.42. The molecule has 0 saturated carbocycles. The molecule has 0 aromatic heterocycles. The lowest BCUT2D eigenvalue weighted by molar-refractivity contribution is -0.397. The minimum atomic E-state index is -5.79. The van der Waals surface area contributed by atoms with Crippen molar-refractivity contribution in [2.75, 3.05) is 0 Å². The lowest BCUT2D eigenvalue weighted by atomic mass is 9.90. The zero-order valence-corrected chi connectivity index (χ0v) is 20.4. The van der Waals surface area contributed by atoms with Crippen molar-refractivity contribution in [1.82, 2.24) is 0 Å². The third-order valence-corrected chi connectivity index (χ3v) is 5.84. The van der Waals surface area contributed by atoms with Crippen molar-refractivity contribution >= 4 is 0 Å². The maximum absolute atomic E-state index is 13.6. The summed E-state index contributed by atoms with van der Waals surface area (Å²) in [6.45, 7) is 0. The van der Waals surface area contributed by atoms with Crippen LogP contribution in [0.1, 0.15) is 5.56 Å². The number of benzene rings is 2. The Kier molecular flexibility index (Phi) is 8.78. The van der Waals surface area contributed by atoms with Crippen LogP contribution in [0.25, 0.3) is 0 Å².